The lowest BCUT2D eigenvalue weighted by Gasteiger charge is -2.61. The fraction of sp³-hybridized carbons (Fsp3) is 0.625. The normalized spacial score (nSPS) is 27.6. The van der Waals surface area contributed by atoms with E-state index in [0.717, 1.165) is 41.5 Å². The number of nitrogens with two attached hydrogens (primary N) is 1. The Morgan fingerprint density at radius 2 is 1.01 bits per heavy atom. The molecule has 10 N–H and O–H groups in total. The van der Waals surface area contributed by atoms with Gasteiger partial charge >= 0.3 is 23.9 Å². The van der Waals surface area contributed by atoms with Gasteiger partial charge in [0.15, 0.2) is 47.4 Å². The molecule has 0 aromatic heterocycles. The van der Waals surface area contributed by atoms with Crippen molar-refractivity contribution in [2.75, 3.05) is 39.1 Å². The third-order valence-electron chi connectivity index (χ3n) is 19.2. The summed E-state index contributed by atoms with van der Waals surface area (Å²) in [5.74, 6) is -4.31. The van der Waals surface area contributed by atoms with Crippen LogP contribution in [-0.4, -0.2) is 189 Å². The summed E-state index contributed by atoms with van der Waals surface area (Å²) < 4.78 is 34.8. The molecule has 0 saturated carbocycles. The topological polar surface area (TPSA) is 353 Å². The van der Waals surface area contributed by atoms with E-state index in [4.69, 9.17) is 57.4 Å². The van der Waals surface area contributed by atoms with Gasteiger partial charge in [-0.1, -0.05) is 38.3 Å². The number of ether oxygens (including phenoxy) is 6. The number of hydrogen-bond acceptors (Lipinski definition) is 21. The first-order valence-electron chi connectivity index (χ1n) is 31.2. The van der Waals surface area contributed by atoms with Crippen molar-refractivity contribution < 1.29 is 87.2 Å². The molecule has 2 aromatic rings. The number of nitrogens with zero attached hydrogens (tertiary/aromatic N) is 2. The molecule has 2 saturated heterocycles. The van der Waals surface area contributed by atoms with E-state index in [1.54, 1.807) is 24.3 Å². The van der Waals surface area contributed by atoms with Crippen molar-refractivity contribution in [2.45, 2.75) is 215 Å². The molecule has 0 radical (unpaired) electrons. The SMILES string of the molecule is CC(=O)N[C@@H](CCCCN)C(=O)N[C@@H](C)C(=O)O[C@@H](C)C(=O)OC1=CC[C@@]2(O)[C@H]3Cc4ccc(O)c5c4[C@@]2(CCN3C)[C@H]1O5.CCCCC[C@H](NC(C)=O)C(=O)N[C@@H](C)C(=O)O[C@@H](C)C(=O)OC1=CC[C@@]2(O)[C@H]3Cc4ccc(O)c5c4[C@@]2(CCN3C)[C@H]1O5.ClCCl. The Morgan fingerprint density at radius 3 is 1.37 bits per heavy atom. The quantitative estimate of drug-likeness (QED) is 0.0353. The molecular formula is C64H87Cl2N7O18. The van der Waals surface area contributed by atoms with Gasteiger partial charge in [0.05, 0.1) is 27.4 Å². The third kappa shape index (κ3) is 13.3. The van der Waals surface area contributed by atoms with Crippen LogP contribution in [-0.2, 0) is 81.0 Å². The first kappa shape index (κ1) is 70.1. The van der Waals surface area contributed by atoms with E-state index in [9.17, 15) is 58.8 Å². The van der Waals surface area contributed by atoms with Crippen LogP contribution in [0.4, 0.5) is 0 Å². The Balaban J connectivity index is 0.000000225. The van der Waals surface area contributed by atoms with Gasteiger partial charge < -0.3 is 85.6 Å². The van der Waals surface area contributed by atoms with Crippen LogP contribution in [0.1, 0.15) is 141 Å². The second-order valence-electron chi connectivity index (χ2n) is 25.1. The van der Waals surface area contributed by atoms with E-state index in [2.05, 4.69) is 31.1 Å². The van der Waals surface area contributed by atoms with Crippen LogP contribution in [0.25, 0.3) is 0 Å². The zero-order valence-electron chi connectivity index (χ0n) is 53.0. The second-order valence-corrected chi connectivity index (χ2v) is 25.9. The van der Waals surface area contributed by atoms with Crippen molar-refractivity contribution in [2.24, 2.45) is 5.73 Å². The maximum atomic E-state index is 13.2. The molecule has 4 amide bonds. The van der Waals surface area contributed by atoms with Gasteiger partial charge in [-0.15, -0.1) is 23.2 Å². The molecule has 14 atom stereocenters. The number of halogens is 2. The molecular weight excluding hydrogens is 1230 g/mol. The van der Waals surface area contributed by atoms with Gasteiger partial charge in [0.25, 0.3) is 0 Å². The average molecular weight is 1310 g/mol. The minimum absolute atomic E-state index is 0.0395. The number of aliphatic hydroxyl groups is 2. The number of benzene rings is 2. The fourth-order valence-electron chi connectivity index (χ4n) is 14.8. The van der Waals surface area contributed by atoms with E-state index >= 15 is 0 Å². The molecule has 4 aliphatic heterocycles. The number of phenols is 2. The zero-order chi connectivity index (χ0) is 66.7. The van der Waals surface area contributed by atoms with Crippen LogP contribution in [0.5, 0.6) is 23.0 Å². The number of carbonyl (C=O) groups excluding carboxylic acids is 8. The summed E-state index contributed by atoms with van der Waals surface area (Å²) in [4.78, 5) is 105. The van der Waals surface area contributed by atoms with Crippen LogP contribution in [0.2, 0.25) is 0 Å². The number of nitrogens with one attached hydrogen (secondary N) is 4. The van der Waals surface area contributed by atoms with Crippen LogP contribution >= 0.6 is 23.2 Å². The summed E-state index contributed by atoms with van der Waals surface area (Å²) in [5, 5.41) is 56.3. The molecule has 8 aliphatic rings. The molecule has 2 aromatic carbocycles. The number of unbranched alkanes of at least 4 members (excludes halogenated alkanes) is 3. The van der Waals surface area contributed by atoms with Crippen molar-refractivity contribution in [1.82, 2.24) is 31.1 Å². The molecule has 10 rings (SSSR count). The molecule has 4 aliphatic carbocycles. The number of amides is 4. The van der Waals surface area contributed by atoms with Crippen LogP contribution in [0, 0.1) is 0 Å². The molecule has 500 valence electrons. The predicted octanol–water partition coefficient (Wildman–Crippen LogP) is 3.44. The summed E-state index contributed by atoms with van der Waals surface area (Å²) in [6.07, 6.45) is 6.23. The predicted molar refractivity (Wildman–Crippen MR) is 331 cm³/mol. The number of alkyl halides is 2. The summed E-state index contributed by atoms with van der Waals surface area (Å²) >= 11 is 9.53. The highest BCUT2D eigenvalue weighted by Crippen LogP contribution is 2.67. The van der Waals surface area contributed by atoms with Crippen LogP contribution in [0.15, 0.2) is 47.9 Å². The number of likely N-dealkylation sites (tertiary alicyclic amines) is 2. The van der Waals surface area contributed by atoms with Crippen molar-refractivity contribution in [1.29, 1.82) is 0 Å². The van der Waals surface area contributed by atoms with Gasteiger partial charge in [-0.3, -0.25) is 19.2 Å². The Hall–Kier alpha value is -6.74. The maximum Gasteiger partial charge on any atom is 0.352 e. The molecule has 27 heteroatoms. The number of phenolic OH excluding ortho intramolecular Hbond substituents is 2. The minimum Gasteiger partial charge on any atom is -0.504 e. The third-order valence-corrected chi connectivity index (χ3v) is 19.2. The van der Waals surface area contributed by atoms with Gasteiger partial charge in [0.2, 0.25) is 23.6 Å². The van der Waals surface area contributed by atoms with Gasteiger partial charge in [-0.05, 0) is 148 Å². The zero-order valence-corrected chi connectivity index (χ0v) is 54.5. The Labute approximate surface area is 539 Å². The lowest BCUT2D eigenvalue weighted by Crippen LogP contribution is -2.74. The molecule has 0 unspecified atom stereocenters. The number of piperidine rings is 2. The number of likely N-dealkylation sites (N-methyl/N-ethyl adjacent to an activating group) is 2. The van der Waals surface area contributed by atoms with Gasteiger partial charge in [0, 0.05) is 49.9 Å². The van der Waals surface area contributed by atoms with E-state index in [1.165, 1.54) is 41.5 Å². The van der Waals surface area contributed by atoms with Crippen molar-refractivity contribution in [3.63, 3.8) is 0 Å². The van der Waals surface area contributed by atoms with Crippen LogP contribution < -0.4 is 36.5 Å². The van der Waals surface area contributed by atoms with Crippen LogP contribution in [0.3, 0.4) is 0 Å². The monoisotopic (exact) mass is 1310 g/mol. The summed E-state index contributed by atoms with van der Waals surface area (Å²) in [6, 6.07) is 2.67. The van der Waals surface area contributed by atoms with Gasteiger partial charge in [-0.25, -0.2) is 19.2 Å². The molecule has 2 fully saturated rings. The smallest absolute Gasteiger partial charge is 0.352 e. The standard InChI is InChI=1S/C32H43N3O9.C31H42N4O9.CH2Cl2/c1-6-7-8-9-21(34-19(4)36)28(38)33-17(2)29(39)42-18(3)30(40)43-23-12-13-32(41)24-16-20-10-11-22(37)26-25(20)31(32,27(23)44-26)14-15-35(24)5;1-16(33-27(38)20(34-18(3)36)7-5-6-13-32)28(39)42-17(2)29(40)43-22-10-11-31(41)23-15-19-8-9-21(37)25-24(19)30(31,26(22)44-25)12-14-35(23)4;2-1-3/h10-12,17-18,21,24,27,37,41H,6-9,13-16H2,1-5H3,(H,33,38)(H,34,36);8-10,16-17,20,23,26,37,41H,5-7,11-15,32H2,1-4H3,(H,33,38)(H,34,36);1H2/t17-,18-,21-,24+,27-,31-,32+;16-,17-,20-,23+,26-,30-,31+;/m00./s1. The minimum atomic E-state index is -1.33. The lowest BCUT2D eigenvalue weighted by molar-refractivity contribution is -0.176. The molecule has 91 heavy (non-hydrogen) atoms. The highest BCUT2D eigenvalue weighted by molar-refractivity contribution is 6.40. The van der Waals surface area contributed by atoms with Crippen molar-refractivity contribution >= 4 is 70.7 Å². The second kappa shape index (κ2) is 28.6. The van der Waals surface area contributed by atoms with Crippen molar-refractivity contribution in [3.05, 3.63) is 70.2 Å². The summed E-state index contributed by atoms with van der Waals surface area (Å²) in [7, 11) is 3.96. The molecule has 25 nitrogen and oxygen atoms in total. The lowest BCUT2D eigenvalue weighted by atomic mass is 9.50. The number of rotatable bonds is 22. The molecule has 4 bridgehead atoms. The van der Waals surface area contributed by atoms with Crippen molar-refractivity contribution in [3.8, 4) is 23.0 Å². The van der Waals surface area contributed by atoms with E-state index in [-0.39, 0.29) is 65.1 Å². The summed E-state index contributed by atoms with van der Waals surface area (Å²) in [6.45, 7) is 12.0. The number of esters is 4. The summed E-state index contributed by atoms with van der Waals surface area (Å²) in [5.41, 5.74) is 4.76. The van der Waals surface area contributed by atoms with E-state index in [1.807, 2.05) is 33.2 Å². The Kier molecular flexibility index (Phi) is 22.1. The van der Waals surface area contributed by atoms with Gasteiger partial charge in [0.1, 0.15) is 35.7 Å². The average Bonchev–Trinajstić information content (AvgIpc) is 1.61. The largest absolute Gasteiger partial charge is 0.504 e. The van der Waals surface area contributed by atoms with E-state index in [0.29, 0.717) is 82.5 Å². The number of aromatic hydroxyl groups is 2. The number of carbonyl (C=O) groups is 8. The fourth-order valence-corrected chi connectivity index (χ4v) is 14.8. The van der Waals surface area contributed by atoms with Gasteiger partial charge in [-0.2, -0.15) is 0 Å². The highest BCUT2D eigenvalue weighted by atomic mass is 35.5. The highest BCUT2D eigenvalue weighted by Gasteiger charge is 2.74. The first-order chi connectivity index (χ1) is 43.1. The Morgan fingerprint density at radius 1 is 0.626 bits per heavy atom. The maximum absolute atomic E-state index is 13.2. The van der Waals surface area contributed by atoms with E-state index < -0.39 is 106 Å². The first-order valence-corrected chi connectivity index (χ1v) is 32.3. The number of hydrogen-bond donors (Lipinski definition) is 9. The molecule has 4 heterocycles. The Bertz CT molecular complexity index is 3000. The molecule has 2 spiro atoms.